The number of anilines is 1. The number of ether oxygens (including phenoxy) is 1. The van der Waals surface area contributed by atoms with Crippen molar-refractivity contribution in [3.8, 4) is 17.7 Å². The minimum atomic E-state index is 0.108. The molecule has 0 aliphatic heterocycles. The van der Waals surface area contributed by atoms with Crippen molar-refractivity contribution in [2.75, 3.05) is 5.73 Å². The van der Waals surface area contributed by atoms with Crippen molar-refractivity contribution >= 4 is 32.6 Å². The summed E-state index contributed by atoms with van der Waals surface area (Å²) in [4.78, 5) is 4.09. The molecule has 0 saturated heterocycles. The molecule has 0 saturated carbocycles. The van der Waals surface area contributed by atoms with E-state index in [1.165, 1.54) is 6.20 Å². The number of nitrogen functional groups attached to an aromatic ring is 1. The summed E-state index contributed by atoms with van der Waals surface area (Å²) in [6.45, 7) is 0. The van der Waals surface area contributed by atoms with E-state index in [-0.39, 0.29) is 5.76 Å². The van der Waals surface area contributed by atoms with Crippen LogP contribution in [0.3, 0.4) is 0 Å². The number of fused-ring (bicyclic) bond motifs is 1. The van der Waals surface area contributed by atoms with Gasteiger partial charge >= 0.3 is 0 Å². The number of pyridine rings is 1. The normalized spacial score (nSPS) is 10.4. The molecule has 0 radical (unpaired) electrons. The van der Waals surface area contributed by atoms with E-state index in [4.69, 9.17) is 20.1 Å². The number of hydrogen-bond donors (Lipinski definition) is 1. The van der Waals surface area contributed by atoms with Crippen molar-refractivity contribution < 1.29 is 9.15 Å². The Morgan fingerprint density at radius 2 is 2.15 bits per heavy atom. The zero-order chi connectivity index (χ0) is 14.1. The van der Waals surface area contributed by atoms with Crippen LogP contribution in [0.5, 0.6) is 11.6 Å². The van der Waals surface area contributed by atoms with E-state index in [0.717, 1.165) is 5.39 Å². The average molecular weight is 330 g/mol. The van der Waals surface area contributed by atoms with Gasteiger partial charge in [0.25, 0.3) is 0 Å². The smallest absolute Gasteiger partial charge is 0.247 e. The van der Waals surface area contributed by atoms with Crippen LogP contribution in [0.25, 0.3) is 11.0 Å². The van der Waals surface area contributed by atoms with E-state index in [2.05, 4.69) is 20.9 Å². The number of para-hydroxylation sites is 1. The van der Waals surface area contributed by atoms with E-state index < -0.39 is 0 Å². The lowest BCUT2D eigenvalue weighted by molar-refractivity contribution is 0.448. The van der Waals surface area contributed by atoms with Gasteiger partial charge in [-0.15, -0.1) is 0 Å². The summed E-state index contributed by atoms with van der Waals surface area (Å²) in [6.07, 6.45) is 1.48. The lowest BCUT2D eigenvalue weighted by Crippen LogP contribution is -1.92. The molecule has 0 aliphatic carbocycles. The molecule has 2 heterocycles. The third kappa shape index (κ3) is 2.08. The Balaban J connectivity index is 2.12. The second-order valence-corrected chi connectivity index (χ2v) is 4.88. The molecule has 98 valence electrons. The Kier molecular flexibility index (Phi) is 3.05. The van der Waals surface area contributed by atoms with Gasteiger partial charge in [0.15, 0.2) is 5.75 Å². The number of furan rings is 1. The van der Waals surface area contributed by atoms with Crippen molar-refractivity contribution in [2.45, 2.75) is 0 Å². The van der Waals surface area contributed by atoms with Gasteiger partial charge in [0.1, 0.15) is 11.7 Å². The average Bonchev–Trinajstić information content (AvgIpc) is 2.80. The Morgan fingerprint density at radius 1 is 1.35 bits per heavy atom. The molecule has 1 aromatic carbocycles. The van der Waals surface area contributed by atoms with Crippen molar-refractivity contribution in [3.05, 3.63) is 46.8 Å². The maximum absolute atomic E-state index is 9.14. The molecular formula is C14H8BrN3O2. The summed E-state index contributed by atoms with van der Waals surface area (Å²) in [6, 6.07) is 10.9. The highest BCUT2D eigenvalue weighted by Crippen LogP contribution is 2.37. The summed E-state index contributed by atoms with van der Waals surface area (Å²) in [5, 5.41) is 9.85. The highest BCUT2D eigenvalue weighted by Gasteiger charge is 2.17. The number of halogens is 1. The summed E-state index contributed by atoms with van der Waals surface area (Å²) in [7, 11) is 0. The lowest BCUT2D eigenvalue weighted by atomic mass is 10.2. The summed E-state index contributed by atoms with van der Waals surface area (Å²) >= 11 is 3.32. The number of nitriles is 1. The maximum atomic E-state index is 9.14. The molecule has 0 atom stereocenters. The Hall–Kier alpha value is -2.52. The third-order valence-corrected chi connectivity index (χ3v) is 3.25. The lowest BCUT2D eigenvalue weighted by Gasteiger charge is -2.05. The largest absolute Gasteiger partial charge is 0.442 e. The molecule has 0 amide bonds. The molecule has 6 heteroatoms. The molecule has 0 aliphatic rings. The van der Waals surface area contributed by atoms with Crippen LogP contribution in [0.1, 0.15) is 5.76 Å². The minimum absolute atomic E-state index is 0.108. The van der Waals surface area contributed by atoms with Gasteiger partial charge in [-0.3, -0.25) is 0 Å². The highest BCUT2D eigenvalue weighted by atomic mass is 79.9. The molecule has 0 spiro atoms. The predicted octanol–water partition coefficient (Wildman–Crippen LogP) is 3.84. The number of aromatic nitrogens is 1. The fourth-order valence-electron chi connectivity index (χ4n) is 1.81. The first-order valence-corrected chi connectivity index (χ1v) is 6.49. The van der Waals surface area contributed by atoms with Crippen LogP contribution in [-0.4, -0.2) is 4.98 Å². The van der Waals surface area contributed by atoms with Crippen LogP contribution >= 0.6 is 15.9 Å². The highest BCUT2D eigenvalue weighted by molar-refractivity contribution is 9.10. The summed E-state index contributed by atoms with van der Waals surface area (Å²) in [5.74, 6) is 0.778. The van der Waals surface area contributed by atoms with Crippen LogP contribution in [-0.2, 0) is 0 Å². The van der Waals surface area contributed by atoms with Crippen molar-refractivity contribution in [2.24, 2.45) is 0 Å². The van der Waals surface area contributed by atoms with E-state index in [1.807, 2.05) is 24.3 Å². The number of nitrogens with zero attached hydrogens (tertiary/aromatic N) is 2. The number of rotatable bonds is 2. The van der Waals surface area contributed by atoms with Crippen LogP contribution in [0.15, 0.2) is 45.4 Å². The number of hydrogen-bond acceptors (Lipinski definition) is 5. The predicted molar refractivity (Wildman–Crippen MR) is 77.4 cm³/mol. The summed E-state index contributed by atoms with van der Waals surface area (Å²) in [5.41, 5.74) is 6.73. The molecule has 0 unspecified atom stereocenters. The molecular weight excluding hydrogens is 322 g/mol. The third-order valence-electron chi connectivity index (χ3n) is 2.68. The zero-order valence-corrected chi connectivity index (χ0v) is 11.7. The number of benzene rings is 1. The fraction of sp³-hybridized carbons (Fsp3) is 0. The van der Waals surface area contributed by atoms with E-state index in [1.54, 1.807) is 12.1 Å². The molecule has 5 nitrogen and oxygen atoms in total. The topological polar surface area (TPSA) is 85.1 Å². The van der Waals surface area contributed by atoms with Crippen molar-refractivity contribution in [1.82, 2.24) is 4.98 Å². The standard InChI is InChI=1S/C14H8BrN3O2/c15-10-5-8(17)7-18-14(10)20-13-9-3-1-2-4-11(9)19-12(13)6-16/h1-5,7H,17H2. The van der Waals surface area contributed by atoms with E-state index in [9.17, 15) is 0 Å². The molecule has 3 aromatic rings. The molecule has 0 bridgehead atoms. The maximum Gasteiger partial charge on any atom is 0.247 e. The minimum Gasteiger partial charge on any atom is -0.442 e. The van der Waals surface area contributed by atoms with Crippen LogP contribution in [0.4, 0.5) is 5.69 Å². The summed E-state index contributed by atoms with van der Waals surface area (Å²) < 4.78 is 11.7. The van der Waals surface area contributed by atoms with Gasteiger partial charge in [-0.05, 0) is 34.1 Å². The molecule has 2 aromatic heterocycles. The first-order valence-electron chi connectivity index (χ1n) is 5.69. The molecule has 0 fully saturated rings. The second kappa shape index (κ2) is 4.87. The molecule has 3 rings (SSSR count). The van der Waals surface area contributed by atoms with Crippen molar-refractivity contribution in [3.63, 3.8) is 0 Å². The van der Waals surface area contributed by atoms with Gasteiger partial charge in [-0.25, -0.2) is 4.98 Å². The number of nitrogens with two attached hydrogens (primary N) is 1. The monoisotopic (exact) mass is 329 g/mol. The molecule has 20 heavy (non-hydrogen) atoms. The second-order valence-electron chi connectivity index (χ2n) is 4.03. The SMILES string of the molecule is N#Cc1oc2ccccc2c1Oc1ncc(N)cc1Br. The first kappa shape index (κ1) is 12.5. The zero-order valence-electron chi connectivity index (χ0n) is 10.1. The van der Waals surface area contributed by atoms with Gasteiger partial charge in [-0.2, -0.15) is 5.26 Å². The van der Waals surface area contributed by atoms with E-state index in [0.29, 0.717) is 27.4 Å². The van der Waals surface area contributed by atoms with Crippen LogP contribution in [0.2, 0.25) is 0 Å². The van der Waals surface area contributed by atoms with Gasteiger partial charge in [0.05, 0.1) is 21.7 Å². The first-order chi connectivity index (χ1) is 9.69. The Bertz CT molecular complexity index is 836. The Morgan fingerprint density at radius 3 is 2.90 bits per heavy atom. The van der Waals surface area contributed by atoms with Gasteiger partial charge in [-0.1, -0.05) is 12.1 Å². The van der Waals surface area contributed by atoms with Gasteiger partial charge in [0.2, 0.25) is 11.6 Å². The van der Waals surface area contributed by atoms with Crippen LogP contribution in [0, 0.1) is 11.3 Å². The van der Waals surface area contributed by atoms with Gasteiger partial charge < -0.3 is 14.9 Å². The quantitative estimate of drug-likeness (QED) is 0.772. The van der Waals surface area contributed by atoms with Crippen molar-refractivity contribution in [1.29, 1.82) is 5.26 Å². The van der Waals surface area contributed by atoms with E-state index >= 15 is 0 Å². The van der Waals surface area contributed by atoms with Gasteiger partial charge in [0, 0.05) is 0 Å². The molecule has 2 N–H and O–H groups in total. The van der Waals surface area contributed by atoms with Crippen LogP contribution < -0.4 is 10.5 Å². The fourth-order valence-corrected chi connectivity index (χ4v) is 2.26. The Labute approximate surface area is 122 Å².